The number of rotatable bonds is 10. The Morgan fingerprint density at radius 2 is 1.80 bits per heavy atom. The van der Waals surface area contributed by atoms with E-state index >= 15 is 0 Å². The minimum Gasteiger partial charge on any atom is -0.481 e. The number of benzene rings is 2. The van der Waals surface area contributed by atoms with Crippen molar-refractivity contribution in [2.24, 2.45) is 0 Å². The van der Waals surface area contributed by atoms with Gasteiger partial charge in [-0.3, -0.25) is 9.59 Å². The highest BCUT2D eigenvalue weighted by molar-refractivity contribution is 5.84. The van der Waals surface area contributed by atoms with Gasteiger partial charge in [0, 0.05) is 29.2 Å². The zero-order valence-electron chi connectivity index (χ0n) is 25.6. The van der Waals surface area contributed by atoms with E-state index in [2.05, 4.69) is 4.90 Å². The van der Waals surface area contributed by atoms with E-state index in [4.69, 9.17) is 24.1 Å². The molecule has 2 aromatic rings. The van der Waals surface area contributed by atoms with Gasteiger partial charge in [0.2, 0.25) is 6.10 Å². The van der Waals surface area contributed by atoms with Gasteiger partial charge in [-0.05, 0) is 51.4 Å². The van der Waals surface area contributed by atoms with E-state index in [-0.39, 0.29) is 36.8 Å². The minimum atomic E-state index is -1.53. The van der Waals surface area contributed by atoms with E-state index in [1.165, 1.54) is 19.1 Å². The third kappa shape index (κ3) is 5.14. The zero-order valence-corrected chi connectivity index (χ0v) is 25.6. The summed E-state index contributed by atoms with van der Waals surface area (Å²) >= 11 is 0. The first-order chi connectivity index (χ1) is 22.0. The van der Waals surface area contributed by atoms with Crippen molar-refractivity contribution in [3.63, 3.8) is 0 Å². The molecule has 0 radical (unpaired) electrons. The molecule has 0 aromatic heterocycles. The first kappa shape index (κ1) is 31.7. The van der Waals surface area contributed by atoms with E-state index < -0.39 is 59.6 Å². The van der Waals surface area contributed by atoms with Crippen molar-refractivity contribution in [1.29, 1.82) is 0 Å². The van der Waals surface area contributed by atoms with Crippen molar-refractivity contribution in [3.05, 3.63) is 76.6 Å². The number of aliphatic hydroxyl groups is 2. The molecule has 2 aromatic carbocycles. The van der Waals surface area contributed by atoms with Crippen LogP contribution < -0.4 is 4.74 Å². The van der Waals surface area contributed by atoms with Gasteiger partial charge in [-0.15, -0.1) is 0 Å². The molecule has 0 saturated carbocycles. The number of aliphatic carboxylic acids is 1. The van der Waals surface area contributed by atoms with Gasteiger partial charge in [0.05, 0.1) is 30.5 Å². The summed E-state index contributed by atoms with van der Waals surface area (Å²) in [5, 5.41) is 31.7. The summed E-state index contributed by atoms with van der Waals surface area (Å²) in [5.41, 5.74) is 0.694. The number of carboxylic acid groups (broad SMARTS) is 1. The molecule has 12 nitrogen and oxygen atoms in total. The highest BCUT2D eigenvalue weighted by Crippen LogP contribution is 2.64. The SMILES string of the molecule is C[C@H](OC(=O)[C@@H](OC(=O)CCC(=O)OC1=CC[C@@]2(O)[C@H]3Cc4ccc(CO)c5c4[C@@]2(CCCN3C)[C@H]1O5)c1ccccc1)C(=O)O. The summed E-state index contributed by atoms with van der Waals surface area (Å²) in [6.07, 6.45) is -0.716. The molecule has 2 heterocycles. The topological polar surface area (TPSA) is 169 Å². The monoisotopic (exact) mass is 635 g/mol. The Morgan fingerprint density at radius 1 is 1.07 bits per heavy atom. The third-order valence-corrected chi connectivity index (χ3v) is 9.82. The fourth-order valence-electron chi connectivity index (χ4n) is 7.63. The molecule has 6 rings (SSSR count). The lowest BCUT2D eigenvalue weighted by atomic mass is 9.52. The highest BCUT2D eigenvalue weighted by Gasteiger charge is 2.70. The molecule has 12 heteroatoms. The average Bonchev–Trinajstić information content (AvgIpc) is 3.38. The summed E-state index contributed by atoms with van der Waals surface area (Å²) in [6, 6.07) is 11.6. The molecule has 2 bridgehead atoms. The number of ether oxygens (including phenoxy) is 4. The van der Waals surface area contributed by atoms with Crippen LogP contribution >= 0.6 is 0 Å². The molecule has 46 heavy (non-hydrogen) atoms. The average molecular weight is 636 g/mol. The minimum absolute atomic E-state index is 0.189. The van der Waals surface area contributed by atoms with Crippen molar-refractivity contribution in [1.82, 2.24) is 4.90 Å². The molecule has 1 saturated heterocycles. The highest BCUT2D eigenvalue weighted by atomic mass is 16.6. The quantitative estimate of drug-likeness (QED) is 0.258. The lowest BCUT2D eigenvalue weighted by Gasteiger charge is -2.56. The number of hydrogen-bond acceptors (Lipinski definition) is 11. The number of likely N-dealkylation sites (tertiary alicyclic amines) is 1. The maximum atomic E-state index is 13.1. The Morgan fingerprint density at radius 3 is 2.52 bits per heavy atom. The van der Waals surface area contributed by atoms with Crippen LogP contribution in [0.2, 0.25) is 0 Å². The third-order valence-electron chi connectivity index (χ3n) is 9.82. The van der Waals surface area contributed by atoms with Crippen LogP contribution in [0.1, 0.15) is 67.4 Å². The molecule has 2 aliphatic heterocycles. The van der Waals surface area contributed by atoms with Crippen LogP contribution in [0.4, 0.5) is 0 Å². The van der Waals surface area contributed by atoms with Crippen LogP contribution in [0, 0.1) is 0 Å². The number of carboxylic acids is 1. The number of carbonyl (C=O) groups excluding carboxylic acids is 3. The largest absolute Gasteiger partial charge is 0.481 e. The predicted molar refractivity (Wildman–Crippen MR) is 159 cm³/mol. The number of carbonyl (C=O) groups is 4. The summed E-state index contributed by atoms with van der Waals surface area (Å²) in [6.45, 7) is 1.71. The Balaban J connectivity index is 1.18. The maximum Gasteiger partial charge on any atom is 0.353 e. The van der Waals surface area contributed by atoms with Crippen molar-refractivity contribution < 1.29 is 53.4 Å². The Labute approximate surface area is 265 Å². The van der Waals surface area contributed by atoms with E-state index in [1.807, 2.05) is 19.2 Å². The molecule has 1 fully saturated rings. The fraction of sp³-hybridized carbons (Fsp3) is 0.471. The Kier molecular flexibility index (Phi) is 8.38. The van der Waals surface area contributed by atoms with E-state index in [0.717, 1.165) is 24.1 Å². The molecule has 3 N–H and O–H groups in total. The molecule has 0 amide bonds. The molecule has 6 atom stereocenters. The predicted octanol–water partition coefficient (Wildman–Crippen LogP) is 2.47. The smallest absolute Gasteiger partial charge is 0.353 e. The van der Waals surface area contributed by atoms with Crippen LogP contribution in [0.25, 0.3) is 0 Å². The normalized spacial score (nSPS) is 27.2. The number of esters is 3. The molecule has 0 unspecified atom stereocenters. The second-order valence-electron chi connectivity index (χ2n) is 12.4. The van der Waals surface area contributed by atoms with Gasteiger partial charge in [0.25, 0.3) is 0 Å². The van der Waals surface area contributed by atoms with Gasteiger partial charge in [0.1, 0.15) is 11.5 Å². The van der Waals surface area contributed by atoms with Gasteiger partial charge >= 0.3 is 23.9 Å². The summed E-state index contributed by atoms with van der Waals surface area (Å²) in [4.78, 5) is 52.1. The molecular weight excluding hydrogens is 598 g/mol. The van der Waals surface area contributed by atoms with Gasteiger partial charge in [0.15, 0.2) is 12.2 Å². The van der Waals surface area contributed by atoms with Crippen LogP contribution in [0.5, 0.6) is 5.75 Å². The van der Waals surface area contributed by atoms with E-state index in [9.17, 15) is 29.4 Å². The van der Waals surface area contributed by atoms with E-state index in [1.54, 1.807) is 24.3 Å². The standard InChI is InChI=1S/C34H37NO11/c1-19(31(39)40)43-32(41)29(20-7-4-3-5-8-20)45-26(38)12-11-25(37)44-23-13-15-34(42)24-17-21-9-10-22(18-36)28-27(21)33(34,30(23)46-28)14-6-16-35(24)2/h3-5,7-10,13,19,24,29-30,36,42H,6,11-12,14-18H2,1-2H3,(H,39,40)/t19-,24+,29-,30-,33-,34+/m0/s1. The summed E-state index contributed by atoms with van der Waals surface area (Å²) in [7, 11) is 2.01. The van der Waals surface area contributed by atoms with E-state index in [0.29, 0.717) is 24.2 Å². The van der Waals surface area contributed by atoms with Crippen LogP contribution in [-0.2, 0) is 51.8 Å². The molecular formula is C34H37NO11. The van der Waals surface area contributed by atoms with Crippen LogP contribution in [0.15, 0.2) is 54.3 Å². The second kappa shape index (κ2) is 12.2. The first-order valence-electron chi connectivity index (χ1n) is 15.4. The lowest BCUT2D eigenvalue weighted by Crippen LogP contribution is -2.69. The maximum absolute atomic E-state index is 13.1. The van der Waals surface area contributed by atoms with Crippen molar-refractivity contribution in [2.75, 3.05) is 13.6 Å². The van der Waals surface area contributed by atoms with Gasteiger partial charge < -0.3 is 39.2 Å². The number of likely N-dealkylation sites (N-methyl/N-ethyl adjacent to an activating group) is 1. The van der Waals surface area contributed by atoms with Crippen molar-refractivity contribution in [3.8, 4) is 5.75 Å². The number of aliphatic hydroxyl groups excluding tert-OH is 1. The second-order valence-corrected chi connectivity index (χ2v) is 12.4. The molecule has 1 spiro atoms. The Bertz CT molecular complexity index is 1590. The molecule has 4 aliphatic rings. The summed E-state index contributed by atoms with van der Waals surface area (Å²) < 4.78 is 22.7. The van der Waals surface area contributed by atoms with Gasteiger partial charge in [-0.2, -0.15) is 0 Å². The van der Waals surface area contributed by atoms with Crippen molar-refractivity contribution >= 4 is 23.9 Å². The molecule has 2 aliphatic carbocycles. The van der Waals surface area contributed by atoms with Gasteiger partial charge in [-0.1, -0.05) is 42.5 Å². The number of nitrogens with zero attached hydrogens (tertiary/aromatic N) is 1. The first-order valence-corrected chi connectivity index (χ1v) is 15.4. The zero-order chi connectivity index (χ0) is 32.8. The van der Waals surface area contributed by atoms with Crippen LogP contribution in [0.3, 0.4) is 0 Å². The van der Waals surface area contributed by atoms with Crippen molar-refractivity contribution in [2.45, 2.75) is 87.4 Å². The summed E-state index contributed by atoms with van der Waals surface area (Å²) in [5.74, 6) is -3.27. The Hall–Kier alpha value is -4.26. The fourth-order valence-corrected chi connectivity index (χ4v) is 7.63. The lowest BCUT2D eigenvalue weighted by molar-refractivity contribution is -0.176. The van der Waals surface area contributed by atoms with Crippen LogP contribution in [-0.4, -0.2) is 81.5 Å². The molecule has 244 valence electrons. The van der Waals surface area contributed by atoms with Gasteiger partial charge in [-0.25, -0.2) is 9.59 Å². The number of hydrogen-bond donors (Lipinski definition) is 3.